The van der Waals surface area contributed by atoms with E-state index in [1.54, 1.807) is 12.1 Å². The van der Waals surface area contributed by atoms with E-state index < -0.39 is 23.4 Å². The molecule has 2 heterocycles. The van der Waals surface area contributed by atoms with Crippen molar-refractivity contribution in [3.05, 3.63) is 88.7 Å². The lowest BCUT2D eigenvalue weighted by atomic mass is 9.69. The van der Waals surface area contributed by atoms with Crippen LogP contribution in [0.2, 0.25) is 21.6 Å². The highest BCUT2D eigenvalue weighted by Crippen LogP contribution is 2.47. The maximum absolute atomic E-state index is 13.7. The third-order valence-corrected chi connectivity index (χ3v) is 22.0. The Kier molecular flexibility index (Phi) is 14.2. The molecule has 3 aliphatic rings. The summed E-state index contributed by atoms with van der Waals surface area (Å²) in [5.74, 6) is 1.11. The SMILES string of the molecule is CC[C@H](CC[C@H](/C=C/[C@@H]1CC[C@H]1CN1C[C@@]2(CCCc3cc(Cl)ccc32)COc2ccc(C(=O)OC)cc21)O[Si](C(C)C)(C(C)C)C(C)C)S(=O)(=O)c1ncccn1. The van der Waals surface area contributed by atoms with Gasteiger partial charge in [0.1, 0.15) is 5.75 Å². The zero-order valence-electron chi connectivity index (χ0n) is 35.7. The van der Waals surface area contributed by atoms with Crippen molar-refractivity contribution in [2.45, 2.75) is 138 Å². The Balaban J connectivity index is 1.29. The summed E-state index contributed by atoms with van der Waals surface area (Å²) in [6, 6.07) is 13.6. The number of rotatable bonds is 16. The predicted molar refractivity (Wildman–Crippen MR) is 235 cm³/mol. The molecule has 0 N–H and O–H groups in total. The van der Waals surface area contributed by atoms with Crippen molar-refractivity contribution in [3.8, 4) is 5.75 Å². The first kappa shape index (κ1) is 44.3. The first-order chi connectivity index (χ1) is 27.6. The number of benzene rings is 2. The number of allylic oxidation sites excluding steroid dienone is 1. The van der Waals surface area contributed by atoms with E-state index in [1.165, 1.54) is 30.6 Å². The topological polar surface area (TPSA) is 108 Å². The van der Waals surface area contributed by atoms with E-state index in [-0.39, 0.29) is 22.6 Å². The van der Waals surface area contributed by atoms with Crippen molar-refractivity contribution in [1.82, 2.24) is 9.97 Å². The van der Waals surface area contributed by atoms with E-state index in [4.69, 9.17) is 25.5 Å². The number of methoxy groups -OCH3 is 1. The largest absolute Gasteiger partial charge is 0.490 e. The minimum atomic E-state index is -3.70. The standard InChI is InChI=1S/C46H64ClN3O6SSi/c1-9-40(57(52,53)45-48-24-11-25-49-45)20-19-39(56-58(31(2)3,32(4)5)33(6)7)18-15-34-13-14-37(34)28-50-29-46(23-10-12-35-26-38(47)17-21-41(35)46)30-55-43-22-16-36(27-42(43)50)44(51)54-8/h11,15-18,21-22,24-27,31-34,37,39-40H,9-10,12-14,19-20,23,28-30H2,1-8H3/b18-15+/t34-,37-,39-,40+,46-/m0/s1. The van der Waals surface area contributed by atoms with Crippen molar-refractivity contribution in [2.24, 2.45) is 11.8 Å². The lowest BCUT2D eigenvalue weighted by Crippen LogP contribution is -2.50. The summed E-state index contributed by atoms with van der Waals surface area (Å²) in [5, 5.41) is 0.0446. The molecular weight excluding hydrogens is 786 g/mol. The van der Waals surface area contributed by atoms with Gasteiger partial charge < -0.3 is 18.8 Å². The Bertz CT molecular complexity index is 2010. The number of sulfone groups is 1. The van der Waals surface area contributed by atoms with Crippen molar-refractivity contribution in [2.75, 3.05) is 31.7 Å². The number of carbonyl (C=O) groups excluding carboxylic acids is 1. The number of halogens is 1. The van der Waals surface area contributed by atoms with Crippen LogP contribution in [0.4, 0.5) is 5.69 Å². The number of anilines is 1. The Labute approximate surface area is 353 Å². The molecule has 316 valence electrons. The van der Waals surface area contributed by atoms with Gasteiger partial charge in [0, 0.05) is 35.9 Å². The van der Waals surface area contributed by atoms with Gasteiger partial charge >= 0.3 is 5.97 Å². The Morgan fingerprint density at radius 2 is 1.76 bits per heavy atom. The fraction of sp³-hybridized carbons (Fsp3) is 0.587. The molecule has 2 aliphatic carbocycles. The summed E-state index contributed by atoms with van der Waals surface area (Å²) >= 11 is 6.50. The molecule has 0 saturated heterocycles. The van der Waals surface area contributed by atoms with Gasteiger partial charge in [0.25, 0.3) is 0 Å². The number of carbonyl (C=O) groups is 1. The number of hydrogen-bond donors (Lipinski definition) is 0. The maximum atomic E-state index is 13.7. The molecule has 1 fully saturated rings. The normalized spacial score (nSPS) is 22.0. The van der Waals surface area contributed by atoms with E-state index in [1.807, 2.05) is 25.1 Å². The number of aromatic nitrogens is 2. The number of fused-ring (bicyclic) bond motifs is 3. The second-order valence-corrected chi connectivity index (χ2v) is 25.8. The number of ether oxygens (including phenoxy) is 2. The van der Waals surface area contributed by atoms with Crippen molar-refractivity contribution in [1.29, 1.82) is 0 Å². The fourth-order valence-corrected chi connectivity index (χ4v) is 17.7. The first-order valence-electron chi connectivity index (χ1n) is 21.4. The van der Waals surface area contributed by atoms with Crippen LogP contribution in [0, 0.1) is 11.8 Å². The molecule has 5 atom stereocenters. The number of esters is 1. The van der Waals surface area contributed by atoms with Crippen molar-refractivity contribution in [3.63, 3.8) is 0 Å². The Morgan fingerprint density at radius 3 is 2.40 bits per heavy atom. The van der Waals surface area contributed by atoms with Gasteiger partial charge in [-0.1, -0.05) is 78.3 Å². The second kappa shape index (κ2) is 18.6. The van der Waals surface area contributed by atoms with Crippen LogP contribution in [0.25, 0.3) is 0 Å². The summed E-state index contributed by atoms with van der Waals surface area (Å²) in [7, 11) is -4.60. The monoisotopic (exact) mass is 849 g/mol. The Morgan fingerprint density at radius 1 is 1.03 bits per heavy atom. The molecule has 1 spiro atoms. The van der Waals surface area contributed by atoms with Crippen molar-refractivity contribution >= 4 is 41.4 Å². The minimum Gasteiger partial charge on any atom is -0.490 e. The average Bonchev–Trinajstić information content (AvgIpc) is 3.34. The van der Waals surface area contributed by atoms with Gasteiger partial charge in [0.05, 0.1) is 36.3 Å². The highest BCUT2D eigenvalue weighted by Gasteiger charge is 2.47. The molecule has 6 rings (SSSR count). The summed E-state index contributed by atoms with van der Waals surface area (Å²) in [4.78, 5) is 23.5. The van der Waals surface area contributed by atoms with Gasteiger partial charge in [-0.3, -0.25) is 0 Å². The van der Waals surface area contributed by atoms with Gasteiger partial charge in [0.15, 0.2) is 0 Å². The average molecular weight is 851 g/mol. The van der Waals surface area contributed by atoms with E-state index in [2.05, 4.69) is 80.7 Å². The molecule has 1 aromatic heterocycles. The molecule has 0 unspecified atom stereocenters. The second-order valence-electron chi connectivity index (χ2n) is 17.8. The third kappa shape index (κ3) is 9.08. The van der Waals surface area contributed by atoms with Gasteiger partial charge in [0.2, 0.25) is 23.3 Å². The Hall–Kier alpha value is -3.25. The van der Waals surface area contributed by atoms with Crippen molar-refractivity contribution < 1.29 is 27.1 Å². The van der Waals surface area contributed by atoms with E-state index in [9.17, 15) is 13.2 Å². The lowest BCUT2D eigenvalue weighted by Gasteiger charge is -2.45. The lowest BCUT2D eigenvalue weighted by molar-refractivity contribution is 0.0600. The fourth-order valence-electron chi connectivity index (χ4n) is 10.4. The predicted octanol–water partition coefficient (Wildman–Crippen LogP) is 10.6. The molecule has 58 heavy (non-hydrogen) atoms. The number of nitrogens with zero attached hydrogens (tertiary/aromatic N) is 3. The van der Waals surface area contributed by atoms with E-state index >= 15 is 0 Å². The van der Waals surface area contributed by atoms with E-state index in [0.29, 0.717) is 59.9 Å². The van der Waals surface area contributed by atoms with Gasteiger partial charge in [-0.25, -0.2) is 23.2 Å². The summed E-state index contributed by atoms with van der Waals surface area (Å²) in [6.07, 6.45) is 14.1. The van der Waals surface area contributed by atoms with Crippen LogP contribution < -0.4 is 9.64 Å². The molecule has 0 radical (unpaired) electrons. The van der Waals surface area contributed by atoms with E-state index in [0.717, 1.165) is 61.7 Å². The number of hydrogen-bond acceptors (Lipinski definition) is 9. The zero-order chi connectivity index (χ0) is 41.8. The van der Waals surface area contributed by atoms with Crippen LogP contribution in [-0.2, 0) is 30.8 Å². The molecule has 9 nitrogen and oxygen atoms in total. The summed E-state index contributed by atoms with van der Waals surface area (Å²) in [5.41, 5.74) is 4.95. The molecule has 0 amide bonds. The molecule has 0 bridgehead atoms. The zero-order valence-corrected chi connectivity index (χ0v) is 38.3. The minimum absolute atomic E-state index is 0.107. The van der Waals surface area contributed by atoms with Crippen LogP contribution in [-0.4, -0.2) is 70.8 Å². The third-order valence-electron chi connectivity index (χ3n) is 13.5. The van der Waals surface area contributed by atoms with Gasteiger partial charge in [-0.2, -0.15) is 0 Å². The van der Waals surface area contributed by atoms with Crippen LogP contribution in [0.3, 0.4) is 0 Å². The quantitative estimate of drug-likeness (QED) is 0.0602. The highest BCUT2D eigenvalue weighted by atomic mass is 35.5. The van der Waals surface area contributed by atoms with Crippen LogP contribution in [0.1, 0.15) is 115 Å². The van der Waals surface area contributed by atoms with Crippen LogP contribution >= 0.6 is 11.6 Å². The molecule has 1 saturated carbocycles. The maximum Gasteiger partial charge on any atom is 0.337 e. The number of aryl methyl sites for hydroxylation is 1. The highest BCUT2D eigenvalue weighted by molar-refractivity contribution is 7.91. The molecule has 3 aromatic rings. The molecule has 12 heteroatoms. The van der Waals surface area contributed by atoms with Gasteiger partial charge in [-0.05, 0) is 127 Å². The summed E-state index contributed by atoms with van der Waals surface area (Å²) < 4.78 is 46.6. The summed E-state index contributed by atoms with van der Waals surface area (Å²) in [6.45, 7) is 17.8. The van der Waals surface area contributed by atoms with Gasteiger partial charge in [-0.15, -0.1) is 0 Å². The van der Waals surface area contributed by atoms with Crippen LogP contribution in [0.5, 0.6) is 5.75 Å². The molecule has 1 aliphatic heterocycles. The molecular formula is C46H64ClN3O6SSi. The smallest absolute Gasteiger partial charge is 0.337 e. The first-order valence-corrected chi connectivity index (χ1v) is 25.5. The van der Waals surface area contributed by atoms with Crippen LogP contribution in [0.15, 0.2) is 72.2 Å². The molecule has 2 aromatic carbocycles.